The number of hydrogen-bond acceptors (Lipinski definition) is 3. The summed E-state index contributed by atoms with van der Waals surface area (Å²) in [5.41, 5.74) is 3.63. The molecule has 0 spiro atoms. The van der Waals surface area contributed by atoms with Crippen molar-refractivity contribution in [2.75, 3.05) is 43.9 Å². The first kappa shape index (κ1) is 19.7. The smallest absolute Gasteiger partial charge is 0.254 e. The monoisotopic (exact) mass is 403 g/mol. The van der Waals surface area contributed by atoms with Gasteiger partial charge >= 0.3 is 0 Å². The molecule has 0 bridgehead atoms. The molecule has 142 valence electrons. The Balaban J connectivity index is 1.78. The van der Waals surface area contributed by atoms with E-state index in [9.17, 15) is 4.79 Å². The van der Waals surface area contributed by atoms with Crippen LogP contribution in [0.15, 0.2) is 48.0 Å². The standard InChI is InChI=1S/C21H23Cl2N3O/c1-25(2)12-10-24-20-6-4-3-5-15(20)13-16-9-11-26(21(16)27)17-7-8-18(22)19(23)14-17/h3-8,13-14,24H,9-12H2,1-2H3. The van der Waals surface area contributed by atoms with Crippen LogP contribution in [0.5, 0.6) is 0 Å². The molecule has 0 unspecified atom stereocenters. The van der Waals surface area contributed by atoms with Crippen LogP contribution in [0.4, 0.5) is 11.4 Å². The van der Waals surface area contributed by atoms with Gasteiger partial charge in [0.2, 0.25) is 0 Å². The van der Waals surface area contributed by atoms with E-state index in [4.69, 9.17) is 23.2 Å². The van der Waals surface area contributed by atoms with Crippen LogP contribution in [-0.2, 0) is 4.79 Å². The lowest BCUT2D eigenvalue weighted by Gasteiger charge is -2.16. The quantitative estimate of drug-likeness (QED) is 0.704. The number of carbonyl (C=O) groups excluding carboxylic acids is 1. The first-order chi connectivity index (χ1) is 13.0. The van der Waals surface area contributed by atoms with Gasteiger partial charge in [-0.3, -0.25) is 4.79 Å². The number of benzene rings is 2. The Bertz CT molecular complexity index is 864. The number of carbonyl (C=O) groups is 1. The maximum Gasteiger partial charge on any atom is 0.254 e. The topological polar surface area (TPSA) is 35.6 Å². The highest BCUT2D eigenvalue weighted by Gasteiger charge is 2.27. The van der Waals surface area contributed by atoms with Crippen LogP contribution in [0.3, 0.4) is 0 Å². The number of nitrogens with zero attached hydrogens (tertiary/aromatic N) is 2. The van der Waals surface area contributed by atoms with Crippen LogP contribution in [0, 0.1) is 0 Å². The molecule has 1 N–H and O–H groups in total. The lowest BCUT2D eigenvalue weighted by Crippen LogP contribution is -2.24. The molecule has 2 aromatic carbocycles. The van der Waals surface area contributed by atoms with E-state index in [0.717, 1.165) is 35.6 Å². The van der Waals surface area contributed by atoms with E-state index in [-0.39, 0.29) is 5.91 Å². The molecular formula is C21H23Cl2N3O. The second-order valence-electron chi connectivity index (χ2n) is 6.79. The van der Waals surface area contributed by atoms with Gasteiger partial charge in [-0.05, 0) is 56.4 Å². The maximum absolute atomic E-state index is 12.9. The Hall–Kier alpha value is -2.01. The summed E-state index contributed by atoms with van der Waals surface area (Å²) in [5.74, 6) is 0.0106. The molecule has 6 heteroatoms. The van der Waals surface area contributed by atoms with Crippen LogP contribution in [0.25, 0.3) is 6.08 Å². The number of hydrogen-bond donors (Lipinski definition) is 1. The molecule has 0 aliphatic carbocycles. The van der Waals surface area contributed by atoms with E-state index < -0.39 is 0 Å². The average Bonchev–Trinajstić information content (AvgIpc) is 2.99. The van der Waals surface area contributed by atoms with Gasteiger partial charge in [-0.25, -0.2) is 0 Å². The second-order valence-corrected chi connectivity index (χ2v) is 7.61. The van der Waals surface area contributed by atoms with Crippen LogP contribution in [-0.4, -0.2) is 44.5 Å². The predicted octanol–water partition coefficient (Wildman–Crippen LogP) is 4.79. The van der Waals surface area contributed by atoms with Crippen molar-refractivity contribution in [2.24, 2.45) is 0 Å². The van der Waals surface area contributed by atoms with Gasteiger partial charge in [0.1, 0.15) is 0 Å². The maximum atomic E-state index is 12.9. The number of nitrogens with one attached hydrogen (secondary N) is 1. The first-order valence-electron chi connectivity index (χ1n) is 8.91. The van der Waals surface area contributed by atoms with Crippen molar-refractivity contribution in [1.82, 2.24) is 4.90 Å². The first-order valence-corrected chi connectivity index (χ1v) is 9.66. The van der Waals surface area contributed by atoms with Crippen molar-refractivity contribution < 1.29 is 4.79 Å². The Morgan fingerprint density at radius 2 is 1.93 bits per heavy atom. The Kier molecular flexibility index (Phi) is 6.42. The van der Waals surface area contributed by atoms with Crippen LogP contribution >= 0.6 is 23.2 Å². The molecule has 0 atom stereocenters. The van der Waals surface area contributed by atoms with E-state index in [0.29, 0.717) is 23.0 Å². The van der Waals surface area contributed by atoms with Gasteiger partial charge < -0.3 is 15.1 Å². The number of likely N-dealkylation sites (N-methyl/N-ethyl adjacent to an activating group) is 1. The lowest BCUT2D eigenvalue weighted by atomic mass is 10.1. The van der Waals surface area contributed by atoms with Gasteiger partial charge in [0.05, 0.1) is 10.0 Å². The molecule has 1 aliphatic rings. The van der Waals surface area contributed by atoms with Crippen LogP contribution < -0.4 is 10.2 Å². The number of anilines is 2. The molecule has 27 heavy (non-hydrogen) atoms. The molecule has 1 heterocycles. The molecule has 0 radical (unpaired) electrons. The average molecular weight is 404 g/mol. The molecule has 1 aliphatic heterocycles. The molecule has 3 rings (SSSR count). The Labute approximate surface area is 170 Å². The summed E-state index contributed by atoms with van der Waals surface area (Å²) < 4.78 is 0. The summed E-state index contributed by atoms with van der Waals surface area (Å²) in [5, 5.41) is 4.39. The summed E-state index contributed by atoms with van der Waals surface area (Å²) in [7, 11) is 4.09. The number of rotatable bonds is 6. The zero-order valence-electron chi connectivity index (χ0n) is 15.5. The van der Waals surface area contributed by atoms with Gasteiger partial charge in [0.15, 0.2) is 0 Å². The zero-order valence-corrected chi connectivity index (χ0v) is 17.0. The van der Waals surface area contributed by atoms with Crippen LogP contribution in [0.2, 0.25) is 10.0 Å². The Morgan fingerprint density at radius 1 is 1.15 bits per heavy atom. The summed E-state index contributed by atoms with van der Waals surface area (Å²) in [6, 6.07) is 13.3. The van der Waals surface area contributed by atoms with Gasteiger partial charge in [0, 0.05) is 36.6 Å². The molecule has 1 amide bonds. The fourth-order valence-corrected chi connectivity index (χ4v) is 3.33. The Morgan fingerprint density at radius 3 is 2.67 bits per heavy atom. The highest BCUT2D eigenvalue weighted by atomic mass is 35.5. The van der Waals surface area contributed by atoms with Gasteiger partial charge in [-0.1, -0.05) is 41.4 Å². The van der Waals surface area contributed by atoms with Gasteiger partial charge in [-0.2, -0.15) is 0 Å². The summed E-state index contributed by atoms with van der Waals surface area (Å²) >= 11 is 12.1. The van der Waals surface area contributed by atoms with Crippen molar-refractivity contribution in [2.45, 2.75) is 6.42 Å². The van der Waals surface area contributed by atoms with Crippen molar-refractivity contribution in [3.05, 3.63) is 63.6 Å². The minimum atomic E-state index is 0.0106. The molecule has 0 saturated carbocycles. The largest absolute Gasteiger partial charge is 0.383 e. The normalized spacial score (nSPS) is 15.8. The molecule has 2 aromatic rings. The van der Waals surface area contributed by atoms with Crippen molar-refractivity contribution in [3.63, 3.8) is 0 Å². The lowest BCUT2D eigenvalue weighted by molar-refractivity contribution is -0.114. The molecule has 0 aromatic heterocycles. The molecule has 1 saturated heterocycles. The van der Waals surface area contributed by atoms with Crippen molar-refractivity contribution >= 4 is 46.6 Å². The highest BCUT2D eigenvalue weighted by Crippen LogP contribution is 2.32. The third-order valence-corrected chi connectivity index (χ3v) is 5.24. The predicted molar refractivity (Wildman–Crippen MR) is 115 cm³/mol. The third-order valence-electron chi connectivity index (χ3n) is 4.50. The fourth-order valence-electron chi connectivity index (χ4n) is 3.03. The van der Waals surface area contributed by atoms with Crippen molar-refractivity contribution in [1.29, 1.82) is 0 Å². The molecular weight excluding hydrogens is 381 g/mol. The molecule has 1 fully saturated rings. The minimum Gasteiger partial charge on any atom is -0.383 e. The van der Waals surface area contributed by atoms with Gasteiger partial charge in [-0.15, -0.1) is 0 Å². The summed E-state index contributed by atoms with van der Waals surface area (Å²) in [6.45, 7) is 2.42. The second kappa shape index (κ2) is 8.79. The van der Waals surface area contributed by atoms with Gasteiger partial charge in [0.25, 0.3) is 5.91 Å². The number of halogens is 2. The van der Waals surface area contributed by atoms with E-state index in [1.54, 1.807) is 17.0 Å². The number of para-hydroxylation sites is 1. The fraction of sp³-hybridized carbons (Fsp3) is 0.286. The van der Waals surface area contributed by atoms with E-state index >= 15 is 0 Å². The SMILES string of the molecule is CN(C)CCNc1ccccc1C=C1CCN(c2ccc(Cl)c(Cl)c2)C1=O. The molecule has 4 nitrogen and oxygen atoms in total. The minimum absolute atomic E-state index is 0.0106. The highest BCUT2D eigenvalue weighted by molar-refractivity contribution is 6.42. The zero-order chi connectivity index (χ0) is 19.4. The van der Waals surface area contributed by atoms with E-state index in [1.165, 1.54) is 0 Å². The third kappa shape index (κ3) is 4.83. The van der Waals surface area contributed by atoms with Crippen molar-refractivity contribution in [3.8, 4) is 0 Å². The summed E-state index contributed by atoms with van der Waals surface area (Å²) in [6.07, 6.45) is 2.68. The van der Waals surface area contributed by atoms with Crippen LogP contribution in [0.1, 0.15) is 12.0 Å². The van der Waals surface area contributed by atoms with E-state index in [2.05, 4.69) is 10.2 Å². The summed E-state index contributed by atoms with van der Waals surface area (Å²) in [4.78, 5) is 16.8. The number of amides is 1. The van der Waals surface area contributed by atoms with E-state index in [1.807, 2.05) is 50.5 Å².